The average molecular weight is 183 g/mol. The fourth-order valence-electron chi connectivity index (χ4n) is 0.787. The molecule has 6 heteroatoms. The fourth-order valence-corrected chi connectivity index (χ4v) is 0.787. The number of aromatic nitrogens is 1. The Morgan fingerprint density at radius 3 is 2.31 bits per heavy atom. The number of hydrogen-bond donors (Lipinski definition) is 3. The zero-order chi connectivity index (χ0) is 10.0. The zero-order valence-electron chi connectivity index (χ0n) is 6.26. The smallest absolute Gasteiger partial charge is 0.355 e. The first kappa shape index (κ1) is 8.98. The Morgan fingerprint density at radius 1 is 1.23 bits per heavy atom. The van der Waals surface area contributed by atoms with Crippen LogP contribution in [0.4, 0.5) is 0 Å². The van der Waals surface area contributed by atoms with E-state index in [0.717, 1.165) is 12.3 Å². The molecule has 0 bridgehead atoms. The average Bonchev–Trinajstić information content (AvgIpc) is 2.03. The Balaban J connectivity index is 3.35. The van der Waals surface area contributed by atoms with Crippen molar-refractivity contribution in [2.75, 3.05) is 0 Å². The minimum absolute atomic E-state index is 0.387. The lowest BCUT2D eigenvalue weighted by Gasteiger charge is -1.99. The molecule has 0 aromatic carbocycles. The molecule has 6 nitrogen and oxygen atoms in total. The number of rotatable bonds is 2. The number of carboxylic acids is 2. The zero-order valence-corrected chi connectivity index (χ0v) is 6.26. The monoisotopic (exact) mass is 183 g/mol. The molecule has 68 valence electrons. The molecular weight excluding hydrogens is 178 g/mol. The quantitative estimate of drug-likeness (QED) is 0.603. The van der Waals surface area contributed by atoms with Crippen LogP contribution < -0.4 is 0 Å². The minimum atomic E-state index is -1.45. The van der Waals surface area contributed by atoms with Crippen molar-refractivity contribution in [3.8, 4) is 5.75 Å². The molecule has 0 fully saturated rings. The summed E-state index contributed by atoms with van der Waals surface area (Å²) in [6.07, 6.45) is 0.871. The van der Waals surface area contributed by atoms with Crippen LogP contribution in [0.2, 0.25) is 0 Å². The van der Waals surface area contributed by atoms with Gasteiger partial charge < -0.3 is 15.3 Å². The maximum Gasteiger partial charge on any atom is 0.355 e. The second-order valence-corrected chi connectivity index (χ2v) is 2.20. The van der Waals surface area contributed by atoms with Crippen molar-refractivity contribution in [3.05, 3.63) is 23.5 Å². The molecule has 0 atom stereocenters. The number of hydrogen-bond acceptors (Lipinski definition) is 4. The molecule has 0 saturated carbocycles. The van der Waals surface area contributed by atoms with Crippen LogP contribution in [0.5, 0.6) is 5.75 Å². The van der Waals surface area contributed by atoms with Crippen molar-refractivity contribution in [2.24, 2.45) is 0 Å². The Labute approximate surface area is 72.1 Å². The van der Waals surface area contributed by atoms with Gasteiger partial charge in [0.1, 0.15) is 5.75 Å². The second kappa shape index (κ2) is 3.10. The van der Waals surface area contributed by atoms with Crippen LogP contribution in [-0.2, 0) is 0 Å². The lowest BCUT2D eigenvalue weighted by atomic mass is 10.2. The van der Waals surface area contributed by atoms with Gasteiger partial charge >= 0.3 is 11.9 Å². The van der Waals surface area contributed by atoms with E-state index in [9.17, 15) is 9.59 Å². The Kier molecular flexibility index (Phi) is 2.14. The first-order valence-corrected chi connectivity index (χ1v) is 3.18. The van der Waals surface area contributed by atoms with Crippen molar-refractivity contribution in [1.29, 1.82) is 0 Å². The molecule has 0 radical (unpaired) electrons. The summed E-state index contributed by atoms with van der Waals surface area (Å²) in [6, 6.07) is 0.832. The SMILES string of the molecule is O=C(O)c1cc(O)cnc1C(=O)O. The highest BCUT2D eigenvalue weighted by Crippen LogP contribution is 2.13. The first-order valence-electron chi connectivity index (χ1n) is 3.18. The molecule has 0 amide bonds. The van der Waals surface area contributed by atoms with E-state index in [1.807, 2.05) is 0 Å². The van der Waals surface area contributed by atoms with Gasteiger partial charge in [-0.05, 0) is 6.07 Å². The third-order valence-corrected chi connectivity index (χ3v) is 1.31. The van der Waals surface area contributed by atoms with Crippen LogP contribution in [-0.4, -0.2) is 32.2 Å². The lowest BCUT2D eigenvalue weighted by molar-refractivity contribution is 0.0646. The number of pyridine rings is 1. The van der Waals surface area contributed by atoms with Gasteiger partial charge in [-0.25, -0.2) is 14.6 Å². The molecule has 1 aromatic heterocycles. The van der Waals surface area contributed by atoms with Crippen molar-refractivity contribution in [1.82, 2.24) is 4.98 Å². The van der Waals surface area contributed by atoms with Gasteiger partial charge in [0.15, 0.2) is 5.69 Å². The van der Waals surface area contributed by atoms with Gasteiger partial charge in [-0.2, -0.15) is 0 Å². The van der Waals surface area contributed by atoms with Gasteiger partial charge in [0.05, 0.1) is 11.8 Å². The van der Waals surface area contributed by atoms with E-state index in [0.29, 0.717) is 0 Å². The molecule has 1 rings (SSSR count). The summed E-state index contributed by atoms with van der Waals surface area (Å²) in [5.41, 5.74) is -1.13. The van der Waals surface area contributed by atoms with Crippen LogP contribution in [0.25, 0.3) is 0 Å². The molecule has 0 unspecified atom stereocenters. The third kappa shape index (κ3) is 1.73. The Hall–Kier alpha value is -2.11. The van der Waals surface area contributed by atoms with Crippen LogP contribution in [0.1, 0.15) is 20.8 Å². The van der Waals surface area contributed by atoms with Crippen LogP contribution in [0.3, 0.4) is 0 Å². The maximum absolute atomic E-state index is 10.5. The number of carbonyl (C=O) groups is 2. The summed E-state index contributed by atoms with van der Waals surface area (Å²) in [7, 11) is 0. The van der Waals surface area contributed by atoms with Crippen molar-refractivity contribution >= 4 is 11.9 Å². The van der Waals surface area contributed by atoms with E-state index in [1.54, 1.807) is 0 Å². The molecule has 3 N–H and O–H groups in total. The van der Waals surface area contributed by atoms with E-state index in [2.05, 4.69) is 4.98 Å². The summed E-state index contributed by atoms with van der Waals surface area (Å²) < 4.78 is 0. The molecule has 0 aliphatic heterocycles. The largest absolute Gasteiger partial charge is 0.506 e. The van der Waals surface area contributed by atoms with E-state index in [-0.39, 0.29) is 5.75 Å². The lowest BCUT2D eigenvalue weighted by Crippen LogP contribution is -2.09. The molecule has 0 saturated heterocycles. The number of carboxylic acid groups (broad SMARTS) is 2. The first-order chi connectivity index (χ1) is 6.02. The van der Waals surface area contributed by atoms with Crippen molar-refractivity contribution < 1.29 is 24.9 Å². The minimum Gasteiger partial charge on any atom is -0.506 e. The number of nitrogens with zero attached hydrogens (tertiary/aromatic N) is 1. The van der Waals surface area contributed by atoms with E-state index < -0.39 is 23.2 Å². The molecule has 13 heavy (non-hydrogen) atoms. The Morgan fingerprint density at radius 2 is 1.85 bits per heavy atom. The highest BCUT2D eigenvalue weighted by atomic mass is 16.4. The molecular formula is C7H5NO5. The number of aromatic carboxylic acids is 2. The molecule has 0 spiro atoms. The predicted octanol–water partition coefficient (Wildman–Crippen LogP) is 0.184. The van der Waals surface area contributed by atoms with Gasteiger partial charge in [-0.1, -0.05) is 0 Å². The van der Waals surface area contributed by atoms with Crippen molar-refractivity contribution in [3.63, 3.8) is 0 Å². The maximum atomic E-state index is 10.5. The summed E-state index contributed by atoms with van der Waals surface area (Å²) in [6.45, 7) is 0. The van der Waals surface area contributed by atoms with E-state index >= 15 is 0 Å². The van der Waals surface area contributed by atoms with Gasteiger partial charge in [-0.15, -0.1) is 0 Å². The normalized spacial score (nSPS) is 9.54. The topological polar surface area (TPSA) is 108 Å². The molecule has 0 aliphatic carbocycles. The predicted molar refractivity (Wildman–Crippen MR) is 39.8 cm³/mol. The van der Waals surface area contributed by atoms with Gasteiger partial charge in [-0.3, -0.25) is 0 Å². The van der Waals surface area contributed by atoms with Crippen LogP contribution in [0.15, 0.2) is 12.3 Å². The summed E-state index contributed by atoms with van der Waals surface area (Å²) in [5.74, 6) is -3.28. The van der Waals surface area contributed by atoms with Gasteiger partial charge in [0.25, 0.3) is 0 Å². The van der Waals surface area contributed by atoms with Crippen LogP contribution in [0, 0.1) is 0 Å². The highest BCUT2D eigenvalue weighted by Gasteiger charge is 2.17. The second-order valence-electron chi connectivity index (χ2n) is 2.20. The summed E-state index contributed by atoms with van der Waals surface area (Å²) in [4.78, 5) is 24.2. The highest BCUT2D eigenvalue weighted by molar-refractivity contribution is 6.00. The summed E-state index contributed by atoms with van der Waals surface area (Å²) >= 11 is 0. The van der Waals surface area contributed by atoms with Gasteiger partial charge in [0, 0.05) is 0 Å². The third-order valence-electron chi connectivity index (χ3n) is 1.31. The van der Waals surface area contributed by atoms with E-state index in [4.69, 9.17) is 15.3 Å². The number of aromatic hydroxyl groups is 1. The fraction of sp³-hybridized carbons (Fsp3) is 0. The molecule has 0 aliphatic rings. The molecule has 1 heterocycles. The summed E-state index contributed by atoms with van der Waals surface area (Å²) in [5, 5.41) is 25.9. The van der Waals surface area contributed by atoms with E-state index in [1.165, 1.54) is 0 Å². The van der Waals surface area contributed by atoms with Gasteiger partial charge in [0.2, 0.25) is 0 Å². The molecule has 1 aromatic rings. The Bertz CT molecular complexity index is 373. The standard InChI is InChI=1S/C7H5NO5/c9-3-1-4(6(10)11)5(7(12)13)8-2-3/h1-2,9H,(H,10,11)(H,12,13). The van der Waals surface area contributed by atoms with Crippen molar-refractivity contribution in [2.45, 2.75) is 0 Å². The van der Waals surface area contributed by atoms with Crippen LogP contribution >= 0.6 is 0 Å².